The molecule has 1 aliphatic rings. The van der Waals surface area contributed by atoms with E-state index in [-0.39, 0.29) is 25.0 Å². The number of rotatable bonds is 7. The molecular weight excluding hydrogens is 272 g/mol. The third-order valence-corrected chi connectivity index (χ3v) is 2.86. The number of anilines is 1. The molecule has 8 heteroatoms. The Morgan fingerprint density at radius 1 is 1.65 bits per heavy atom. The van der Waals surface area contributed by atoms with Gasteiger partial charge in [-0.3, -0.25) is 9.89 Å². The lowest BCUT2D eigenvalue weighted by atomic mass is 10.2. The van der Waals surface area contributed by atoms with Gasteiger partial charge in [0.25, 0.3) is 6.43 Å². The van der Waals surface area contributed by atoms with E-state index in [4.69, 9.17) is 4.74 Å². The number of amides is 1. The highest BCUT2D eigenvalue weighted by atomic mass is 19.3. The van der Waals surface area contributed by atoms with Gasteiger partial charge in [0.1, 0.15) is 6.61 Å². The molecule has 1 aromatic rings. The highest BCUT2D eigenvalue weighted by molar-refractivity contribution is 5.89. The average molecular weight is 289 g/mol. The minimum absolute atomic E-state index is 0.00234. The summed E-state index contributed by atoms with van der Waals surface area (Å²) in [5.74, 6) is 0.0685. The molecule has 1 saturated heterocycles. The Hall–Kier alpha value is -1.54. The van der Waals surface area contributed by atoms with Crippen molar-refractivity contribution in [2.24, 2.45) is 0 Å². The van der Waals surface area contributed by atoms with Gasteiger partial charge in [0, 0.05) is 12.7 Å². The second-order valence-corrected chi connectivity index (χ2v) is 4.47. The van der Waals surface area contributed by atoms with Crippen LogP contribution in [0.3, 0.4) is 0 Å². The number of hydrogen-bond donors (Lipinski definition) is 2. The molecule has 6 nitrogen and oxygen atoms in total. The summed E-state index contributed by atoms with van der Waals surface area (Å²) in [6, 6.07) is 1.72. The number of carbonyl (C=O) groups excluding carboxylic acids is 1. The Balaban J connectivity index is 1.71. The van der Waals surface area contributed by atoms with Gasteiger partial charge in [0.15, 0.2) is 5.82 Å². The van der Waals surface area contributed by atoms with Crippen molar-refractivity contribution in [3.8, 4) is 0 Å². The van der Waals surface area contributed by atoms with Crippen molar-refractivity contribution in [3.05, 3.63) is 11.8 Å². The summed E-state index contributed by atoms with van der Waals surface area (Å²) in [7, 11) is 0. The van der Waals surface area contributed by atoms with E-state index in [1.54, 1.807) is 6.07 Å². The van der Waals surface area contributed by atoms with Crippen LogP contribution in [0, 0.1) is 0 Å². The van der Waals surface area contributed by atoms with Crippen molar-refractivity contribution in [2.45, 2.75) is 31.8 Å². The van der Waals surface area contributed by atoms with Crippen LogP contribution in [0.4, 0.5) is 14.6 Å². The van der Waals surface area contributed by atoms with Gasteiger partial charge in [0.2, 0.25) is 5.91 Å². The van der Waals surface area contributed by atoms with Gasteiger partial charge >= 0.3 is 0 Å². The first kappa shape index (κ1) is 14.9. The van der Waals surface area contributed by atoms with E-state index in [1.165, 1.54) is 0 Å². The van der Waals surface area contributed by atoms with Gasteiger partial charge in [-0.2, -0.15) is 5.10 Å². The lowest BCUT2D eigenvalue weighted by Crippen LogP contribution is -2.15. The maximum absolute atomic E-state index is 11.8. The summed E-state index contributed by atoms with van der Waals surface area (Å²) in [5.41, 5.74) is 0.826. The largest absolute Gasteiger partial charge is 0.375 e. The SMILES string of the molecule is O=C(CCOCC(F)F)Nc1cc([C@@H]2CCCO2)[nH]n1. The number of aromatic nitrogens is 2. The third-order valence-electron chi connectivity index (χ3n) is 2.86. The monoisotopic (exact) mass is 289 g/mol. The number of nitrogens with zero attached hydrogens (tertiary/aromatic N) is 1. The van der Waals surface area contributed by atoms with Crippen LogP contribution >= 0.6 is 0 Å². The van der Waals surface area contributed by atoms with Crippen LogP contribution in [0.15, 0.2) is 6.07 Å². The standard InChI is InChI=1S/C12H17F2N3O3/c13-10(14)7-19-5-3-12(18)15-11-6-8(16-17-11)9-2-1-4-20-9/h6,9-10H,1-5,7H2,(H2,15,16,17,18)/t9-/m0/s1. The van der Waals surface area contributed by atoms with E-state index >= 15 is 0 Å². The summed E-state index contributed by atoms with van der Waals surface area (Å²) in [6.07, 6.45) is -0.570. The zero-order valence-corrected chi connectivity index (χ0v) is 10.9. The van der Waals surface area contributed by atoms with Crippen LogP contribution in [0.1, 0.15) is 31.1 Å². The number of aromatic amines is 1. The number of alkyl halides is 2. The van der Waals surface area contributed by atoms with Crippen LogP contribution in [0.2, 0.25) is 0 Å². The minimum Gasteiger partial charge on any atom is -0.375 e. The molecule has 1 amide bonds. The van der Waals surface area contributed by atoms with Crippen LogP contribution in [0.5, 0.6) is 0 Å². The van der Waals surface area contributed by atoms with Crippen molar-refractivity contribution in [3.63, 3.8) is 0 Å². The van der Waals surface area contributed by atoms with Crippen molar-refractivity contribution >= 4 is 11.7 Å². The predicted molar refractivity (Wildman–Crippen MR) is 66.6 cm³/mol. The maximum atomic E-state index is 11.8. The smallest absolute Gasteiger partial charge is 0.261 e. The number of hydrogen-bond acceptors (Lipinski definition) is 4. The number of carbonyl (C=O) groups is 1. The molecule has 0 radical (unpaired) electrons. The third kappa shape index (κ3) is 4.53. The molecule has 0 aliphatic carbocycles. The molecule has 0 bridgehead atoms. The van der Waals surface area contributed by atoms with Crippen LogP contribution in [0.25, 0.3) is 0 Å². The topological polar surface area (TPSA) is 76.2 Å². The summed E-state index contributed by atoms with van der Waals surface area (Å²) in [6.45, 7) is 0.0326. The van der Waals surface area contributed by atoms with Crippen molar-refractivity contribution < 1.29 is 23.0 Å². The van der Waals surface area contributed by atoms with Crippen molar-refractivity contribution in [2.75, 3.05) is 25.1 Å². The molecule has 0 aromatic carbocycles. The first-order chi connectivity index (χ1) is 9.65. The Morgan fingerprint density at radius 2 is 2.50 bits per heavy atom. The van der Waals surface area contributed by atoms with Gasteiger partial charge < -0.3 is 14.8 Å². The molecule has 0 saturated carbocycles. The molecule has 2 heterocycles. The van der Waals surface area contributed by atoms with E-state index in [2.05, 4.69) is 20.3 Å². The summed E-state index contributed by atoms with van der Waals surface area (Å²) < 4.78 is 33.7. The average Bonchev–Trinajstić information content (AvgIpc) is 3.04. The molecule has 1 atom stereocenters. The van der Waals surface area contributed by atoms with E-state index in [1.807, 2.05) is 0 Å². The summed E-state index contributed by atoms with van der Waals surface area (Å²) >= 11 is 0. The van der Waals surface area contributed by atoms with Gasteiger partial charge in [-0.25, -0.2) is 8.78 Å². The van der Waals surface area contributed by atoms with Gasteiger partial charge in [0.05, 0.1) is 24.8 Å². The molecule has 112 valence electrons. The van der Waals surface area contributed by atoms with E-state index in [0.717, 1.165) is 25.1 Å². The summed E-state index contributed by atoms with van der Waals surface area (Å²) in [5, 5.41) is 9.34. The summed E-state index contributed by atoms with van der Waals surface area (Å²) in [4.78, 5) is 11.5. The highest BCUT2D eigenvalue weighted by Crippen LogP contribution is 2.28. The Morgan fingerprint density at radius 3 is 3.20 bits per heavy atom. The van der Waals surface area contributed by atoms with E-state index < -0.39 is 13.0 Å². The zero-order valence-electron chi connectivity index (χ0n) is 10.9. The minimum atomic E-state index is -2.52. The molecule has 1 fully saturated rings. The molecule has 2 rings (SSSR count). The fraction of sp³-hybridized carbons (Fsp3) is 0.667. The molecule has 20 heavy (non-hydrogen) atoms. The van der Waals surface area contributed by atoms with Crippen molar-refractivity contribution in [1.29, 1.82) is 0 Å². The van der Waals surface area contributed by atoms with Crippen LogP contribution in [-0.2, 0) is 14.3 Å². The fourth-order valence-corrected chi connectivity index (χ4v) is 1.93. The first-order valence-corrected chi connectivity index (χ1v) is 6.48. The molecule has 1 aliphatic heterocycles. The number of nitrogens with one attached hydrogen (secondary N) is 2. The van der Waals surface area contributed by atoms with Gasteiger partial charge in [-0.05, 0) is 12.8 Å². The maximum Gasteiger partial charge on any atom is 0.261 e. The quantitative estimate of drug-likeness (QED) is 0.751. The van der Waals surface area contributed by atoms with Crippen LogP contribution in [-0.4, -0.2) is 42.4 Å². The van der Waals surface area contributed by atoms with Crippen LogP contribution < -0.4 is 5.32 Å². The molecule has 2 N–H and O–H groups in total. The molecule has 1 aromatic heterocycles. The van der Waals surface area contributed by atoms with E-state index in [9.17, 15) is 13.6 Å². The number of halogens is 2. The lowest BCUT2D eigenvalue weighted by Gasteiger charge is -2.04. The fourth-order valence-electron chi connectivity index (χ4n) is 1.93. The number of ether oxygens (including phenoxy) is 2. The predicted octanol–water partition coefficient (Wildman–Crippen LogP) is 1.87. The Labute approximate surface area is 114 Å². The van der Waals surface area contributed by atoms with Crippen molar-refractivity contribution in [1.82, 2.24) is 10.2 Å². The number of H-pyrrole nitrogens is 1. The first-order valence-electron chi connectivity index (χ1n) is 6.48. The van der Waals surface area contributed by atoms with Gasteiger partial charge in [-0.15, -0.1) is 0 Å². The zero-order chi connectivity index (χ0) is 14.4. The Kier molecular flexibility index (Phi) is 5.42. The second-order valence-electron chi connectivity index (χ2n) is 4.47. The molecular formula is C12H17F2N3O3. The normalized spacial score (nSPS) is 18.6. The van der Waals surface area contributed by atoms with E-state index in [0.29, 0.717) is 5.82 Å². The highest BCUT2D eigenvalue weighted by Gasteiger charge is 2.20. The Bertz CT molecular complexity index is 433. The van der Waals surface area contributed by atoms with Gasteiger partial charge in [-0.1, -0.05) is 0 Å². The molecule has 0 unspecified atom stereocenters. The second kappa shape index (κ2) is 7.30. The lowest BCUT2D eigenvalue weighted by molar-refractivity contribution is -0.117. The molecule has 0 spiro atoms.